The Morgan fingerprint density at radius 2 is 2.10 bits per heavy atom. The maximum Gasteiger partial charge on any atom is 0.124 e. The Morgan fingerprint density at radius 1 is 1.35 bits per heavy atom. The van der Waals surface area contributed by atoms with E-state index >= 15 is 0 Å². The highest BCUT2D eigenvalue weighted by atomic mass is 35.5. The molecular weight excluding hydrogens is 275 g/mol. The van der Waals surface area contributed by atoms with Crippen molar-refractivity contribution < 1.29 is 4.39 Å². The fourth-order valence-corrected chi connectivity index (χ4v) is 3.10. The van der Waals surface area contributed by atoms with Gasteiger partial charge in [-0.2, -0.15) is 0 Å². The molecular formula is C16H24ClFN2. The van der Waals surface area contributed by atoms with Crippen LogP contribution in [-0.4, -0.2) is 31.1 Å². The number of halogens is 2. The van der Waals surface area contributed by atoms with E-state index in [2.05, 4.69) is 17.1 Å². The van der Waals surface area contributed by atoms with E-state index in [9.17, 15) is 4.39 Å². The van der Waals surface area contributed by atoms with Crippen LogP contribution in [0, 0.1) is 11.7 Å². The first-order valence-electron chi connectivity index (χ1n) is 7.56. The average molecular weight is 299 g/mol. The summed E-state index contributed by atoms with van der Waals surface area (Å²) >= 11 is 6.14. The topological polar surface area (TPSA) is 15.3 Å². The molecule has 1 heterocycles. The highest BCUT2D eigenvalue weighted by Crippen LogP contribution is 2.21. The van der Waals surface area contributed by atoms with Gasteiger partial charge >= 0.3 is 0 Å². The summed E-state index contributed by atoms with van der Waals surface area (Å²) in [5, 5.41) is 3.94. The van der Waals surface area contributed by atoms with E-state index in [1.807, 2.05) is 6.07 Å². The fourth-order valence-electron chi connectivity index (χ4n) is 2.87. The molecule has 0 aliphatic carbocycles. The van der Waals surface area contributed by atoms with Crippen LogP contribution in [-0.2, 0) is 6.54 Å². The van der Waals surface area contributed by atoms with E-state index in [0.29, 0.717) is 5.02 Å². The van der Waals surface area contributed by atoms with Crippen LogP contribution >= 0.6 is 11.6 Å². The first kappa shape index (κ1) is 15.7. The molecule has 0 atom stereocenters. The molecule has 1 fully saturated rings. The summed E-state index contributed by atoms with van der Waals surface area (Å²) in [4.78, 5) is 2.45. The lowest BCUT2D eigenvalue weighted by atomic mass is 9.97. The molecule has 0 spiro atoms. The van der Waals surface area contributed by atoms with Crippen molar-refractivity contribution in [3.8, 4) is 0 Å². The predicted octanol–water partition coefficient (Wildman–Crippen LogP) is 3.69. The predicted molar refractivity (Wildman–Crippen MR) is 82.6 cm³/mol. The molecule has 1 aliphatic rings. The van der Waals surface area contributed by atoms with Crippen molar-refractivity contribution in [2.45, 2.75) is 32.7 Å². The van der Waals surface area contributed by atoms with Gasteiger partial charge in [-0.05, 0) is 62.5 Å². The number of benzene rings is 1. The third-order valence-corrected chi connectivity index (χ3v) is 4.28. The Balaban J connectivity index is 1.96. The highest BCUT2D eigenvalue weighted by Gasteiger charge is 2.17. The molecule has 1 aromatic rings. The van der Waals surface area contributed by atoms with Gasteiger partial charge in [0.1, 0.15) is 5.82 Å². The molecule has 1 saturated heterocycles. The molecule has 0 bridgehead atoms. The number of hydrogen-bond donors (Lipinski definition) is 1. The molecule has 1 aromatic carbocycles. The summed E-state index contributed by atoms with van der Waals surface area (Å²) in [6.07, 6.45) is 3.62. The number of nitrogens with zero attached hydrogens (tertiary/aromatic N) is 1. The molecule has 0 aromatic heterocycles. The average Bonchev–Trinajstić information content (AvgIpc) is 2.43. The molecule has 4 heteroatoms. The quantitative estimate of drug-likeness (QED) is 0.861. The Labute approximate surface area is 126 Å². The van der Waals surface area contributed by atoms with Crippen LogP contribution in [0.5, 0.6) is 0 Å². The fraction of sp³-hybridized carbons (Fsp3) is 0.625. The molecule has 1 aliphatic heterocycles. The van der Waals surface area contributed by atoms with E-state index in [1.54, 1.807) is 0 Å². The normalized spacial score (nSPS) is 16.8. The lowest BCUT2D eigenvalue weighted by molar-refractivity contribution is 0.199. The van der Waals surface area contributed by atoms with E-state index in [0.717, 1.165) is 50.6 Å². The monoisotopic (exact) mass is 298 g/mol. The highest BCUT2D eigenvalue weighted by molar-refractivity contribution is 6.31. The summed E-state index contributed by atoms with van der Waals surface area (Å²) in [6, 6.07) is 4.71. The number of hydrogen-bond acceptors (Lipinski definition) is 2. The largest absolute Gasteiger partial charge is 0.317 e. The smallest absolute Gasteiger partial charge is 0.124 e. The third-order valence-electron chi connectivity index (χ3n) is 3.92. The second kappa shape index (κ2) is 7.96. The van der Waals surface area contributed by atoms with Gasteiger partial charge < -0.3 is 5.32 Å². The van der Waals surface area contributed by atoms with Gasteiger partial charge in [-0.3, -0.25) is 4.90 Å². The third kappa shape index (κ3) is 4.72. The van der Waals surface area contributed by atoms with Crippen LogP contribution in [0.25, 0.3) is 0 Å². The molecule has 0 saturated carbocycles. The maximum absolute atomic E-state index is 13.1. The van der Waals surface area contributed by atoms with Crippen LogP contribution in [0.2, 0.25) is 5.02 Å². The molecule has 20 heavy (non-hydrogen) atoms. The Bertz CT molecular complexity index is 419. The number of piperidine rings is 1. The Hall–Kier alpha value is -0.640. The van der Waals surface area contributed by atoms with Crippen LogP contribution in [0.15, 0.2) is 18.2 Å². The van der Waals surface area contributed by atoms with E-state index in [1.165, 1.54) is 25.0 Å². The molecule has 1 N–H and O–H groups in total. The van der Waals surface area contributed by atoms with Crippen LogP contribution in [0.4, 0.5) is 4.39 Å². The molecule has 0 amide bonds. The van der Waals surface area contributed by atoms with Gasteiger partial charge in [-0.25, -0.2) is 4.39 Å². The second-order valence-electron chi connectivity index (χ2n) is 5.66. The van der Waals surface area contributed by atoms with Crippen LogP contribution < -0.4 is 5.32 Å². The number of rotatable bonds is 6. The zero-order valence-corrected chi connectivity index (χ0v) is 12.9. The van der Waals surface area contributed by atoms with Crippen LogP contribution in [0.3, 0.4) is 0 Å². The van der Waals surface area contributed by atoms with E-state index in [4.69, 9.17) is 11.6 Å². The van der Waals surface area contributed by atoms with Crippen molar-refractivity contribution in [1.82, 2.24) is 10.2 Å². The standard InChI is InChI=1S/C16H24ClFN2/c1-2-9-20(11-13-5-7-19-8-6-13)12-14-3-4-15(18)10-16(14)17/h3-4,10,13,19H,2,5-9,11-12H2,1H3. The summed E-state index contributed by atoms with van der Waals surface area (Å²) in [6.45, 7) is 7.45. The minimum Gasteiger partial charge on any atom is -0.317 e. The van der Waals surface area contributed by atoms with Gasteiger partial charge in [0.2, 0.25) is 0 Å². The minimum absolute atomic E-state index is 0.265. The summed E-state index contributed by atoms with van der Waals surface area (Å²) < 4.78 is 13.1. The van der Waals surface area contributed by atoms with Gasteiger partial charge in [0.25, 0.3) is 0 Å². The maximum atomic E-state index is 13.1. The van der Waals surface area contributed by atoms with Gasteiger partial charge in [0.05, 0.1) is 0 Å². The van der Waals surface area contributed by atoms with Crippen molar-refractivity contribution in [1.29, 1.82) is 0 Å². The molecule has 112 valence electrons. The van der Waals surface area contributed by atoms with E-state index in [-0.39, 0.29) is 5.82 Å². The van der Waals surface area contributed by atoms with Gasteiger partial charge in [0.15, 0.2) is 0 Å². The van der Waals surface area contributed by atoms with E-state index < -0.39 is 0 Å². The first-order chi connectivity index (χ1) is 9.69. The van der Waals surface area contributed by atoms with Crippen molar-refractivity contribution in [2.75, 3.05) is 26.2 Å². The minimum atomic E-state index is -0.265. The summed E-state index contributed by atoms with van der Waals surface area (Å²) in [5.41, 5.74) is 1.02. The van der Waals surface area contributed by atoms with Crippen molar-refractivity contribution >= 4 is 11.6 Å². The van der Waals surface area contributed by atoms with Crippen molar-refractivity contribution in [2.24, 2.45) is 5.92 Å². The Morgan fingerprint density at radius 3 is 2.75 bits per heavy atom. The lowest BCUT2D eigenvalue weighted by Crippen LogP contribution is -2.36. The zero-order valence-electron chi connectivity index (χ0n) is 12.2. The van der Waals surface area contributed by atoms with Crippen molar-refractivity contribution in [3.05, 3.63) is 34.6 Å². The zero-order chi connectivity index (χ0) is 14.4. The Kier molecular flexibility index (Phi) is 6.27. The summed E-state index contributed by atoms with van der Waals surface area (Å²) in [5.74, 6) is 0.501. The molecule has 2 rings (SSSR count). The molecule has 2 nitrogen and oxygen atoms in total. The van der Waals surface area contributed by atoms with Gasteiger partial charge in [-0.15, -0.1) is 0 Å². The summed E-state index contributed by atoms with van der Waals surface area (Å²) in [7, 11) is 0. The SMILES string of the molecule is CCCN(Cc1ccc(F)cc1Cl)CC1CCNCC1. The lowest BCUT2D eigenvalue weighted by Gasteiger charge is -2.30. The molecule has 0 unspecified atom stereocenters. The van der Waals surface area contributed by atoms with Crippen LogP contribution in [0.1, 0.15) is 31.7 Å². The molecule has 0 radical (unpaired) electrons. The van der Waals surface area contributed by atoms with Gasteiger partial charge in [-0.1, -0.05) is 24.6 Å². The first-order valence-corrected chi connectivity index (χ1v) is 7.94. The van der Waals surface area contributed by atoms with Gasteiger partial charge in [0, 0.05) is 18.1 Å². The number of nitrogens with one attached hydrogen (secondary N) is 1. The van der Waals surface area contributed by atoms with Crippen molar-refractivity contribution in [3.63, 3.8) is 0 Å². The second-order valence-corrected chi connectivity index (χ2v) is 6.07.